The minimum atomic E-state index is -0.985. The molecule has 122 valence electrons. The average molecular weight is 324 g/mol. The molecule has 8 nitrogen and oxygen atoms in total. The molecule has 0 heterocycles. The molecular formula is C14H15FN3O5+. The first-order chi connectivity index (χ1) is 11.0. The highest BCUT2D eigenvalue weighted by atomic mass is 19.1. The largest absolute Gasteiger partial charge is 0.502 e. The molecule has 0 aliphatic rings. The van der Waals surface area contributed by atoms with E-state index in [9.17, 15) is 19.1 Å². The van der Waals surface area contributed by atoms with Crippen LogP contribution in [0.5, 0.6) is 5.75 Å². The third-order valence-electron chi connectivity index (χ3n) is 2.48. The van der Waals surface area contributed by atoms with Crippen molar-refractivity contribution in [2.45, 2.75) is 6.92 Å². The van der Waals surface area contributed by atoms with Crippen LogP contribution in [-0.2, 0) is 14.3 Å². The summed E-state index contributed by atoms with van der Waals surface area (Å²) in [6.07, 6.45) is 0. The van der Waals surface area contributed by atoms with Crippen molar-refractivity contribution in [2.75, 3.05) is 19.8 Å². The molecule has 23 heavy (non-hydrogen) atoms. The molecular weight excluding hydrogens is 309 g/mol. The summed E-state index contributed by atoms with van der Waals surface area (Å²) < 4.78 is 22.4. The van der Waals surface area contributed by atoms with E-state index in [0.29, 0.717) is 0 Å². The highest BCUT2D eigenvalue weighted by molar-refractivity contribution is 5.97. The summed E-state index contributed by atoms with van der Waals surface area (Å²) in [5, 5.41) is 20.6. The van der Waals surface area contributed by atoms with Gasteiger partial charge in [0.05, 0.1) is 6.61 Å². The Morgan fingerprint density at radius 2 is 2.00 bits per heavy atom. The smallest absolute Gasteiger partial charge is 0.488 e. The number of hydrogen-bond donors (Lipinski definition) is 2. The zero-order valence-corrected chi connectivity index (χ0v) is 12.3. The molecule has 1 rings (SSSR count). The maximum atomic E-state index is 12.7. The van der Waals surface area contributed by atoms with Crippen molar-refractivity contribution in [1.82, 2.24) is 5.32 Å². The number of esters is 1. The van der Waals surface area contributed by atoms with Crippen LogP contribution in [0, 0.1) is 11.2 Å². The first kappa shape index (κ1) is 17.9. The molecule has 0 saturated carbocycles. The third-order valence-corrected chi connectivity index (χ3v) is 2.48. The van der Waals surface area contributed by atoms with E-state index in [0.717, 1.165) is 12.1 Å². The second-order valence-corrected chi connectivity index (χ2v) is 4.13. The SMILES string of the molecule is CCOC(=O)CNC(=O)/C([N+]#N)=C(\O)COc1ccc(F)cc1. The van der Waals surface area contributed by atoms with E-state index in [2.05, 4.69) is 15.0 Å². The molecule has 0 fully saturated rings. The predicted octanol–water partition coefficient (Wildman–Crippen LogP) is 1.51. The lowest BCUT2D eigenvalue weighted by Crippen LogP contribution is -2.32. The first-order valence-corrected chi connectivity index (χ1v) is 6.57. The summed E-state index contributed by atoms with van der Waals surface area (Å²) in [7, 11) is 0. The average Bonchev–Trinajstić information content (AvgIpc) is 2.53. The molecule has 0 aromatic heterocycles. The molecule has 0 aliphatic carbocycles. The van der Waals surface area contributed by atoms with Crippen LogP contribution in [0.2, 0.25) is 0 Å². The van der Waals surface area contributed by atoms with Gasteiger partial charge in [-0.15, -0.1) is 0 Å². The van der Waals surface area contributed by atoms with Crippen molar-refractivity contribution in [3.63, 3.8) is 0 Å². The van der Waals surface area contributed by atoms with Crippen LogP contribution in [0.4, 0.5) is 4.39 Å². The van der Waals surface area contributed by atoms with E-state index in [1.54, 1.807) is 6.92 Å². The first-order valence-electron chi connectivity index (χ1n) is 6.57. The Hall–Kier alpha value is -3.15. The molecule has 0 spiro atoms. The molecule has 0 bridgehead atoms. The monoisotopic (exact) mass is 324 g/mol. The van der Waals surface area contributed by atoms with Gasteiger partial charge in [-0.3, -0.25) is 9.59 Å². The van der Waals surface area contributed by atoms with Gasteiger partial charge in [-0.2, -0.15) is 0 Å². The highest BCUT2D eigenvalue weighted by Gasteiger charge is 2.29. The van der Waals surface area contributed by atoms with Crippen LogP contribution in [0.25, 0.3) is 4.98 Å². The molecule has 1 amide bonds. The highest BCUT2D eigenvalue weighted by Crippen LogP contribution is 2.13. The molecule has 0 atom stereocenters. The Balaban J connectivity index is 2.63. The number of nitrogens with zero attached hydrogens (tertiary/aromatic N) is 2. The van der Waals surface area contributed by atoms with Crippen molar-refractivity contribution in [1.29, 1.82) is 5.39 Å². The third kappa shape index (κ3) is 6.01. The lowest BCUT2D eigenvalue weighted by atomic mass is 10.3. The summed E-state index contributed by atoms with van der Waals surface area (Å²) in [5.41, 5.74) is -0.712. The number of hydrogen-bond acceptors (Lipinski definition) is 6. The van der Waals surface area contributed by atoms with Gasteiger partial charge in [0.15, 0.2) is 11.6 Å². The van der Waals surface area contributed by atoms with Crippen LogP contribution in [0.15, 0.2) is 35.7 Å². The van der Waals surface area contributed by atoms with Crippen molar-refractivity contribution < 1.29 is 28.6 Å². The summed E-state index contributed by atoms with van der Waals surface area (Å²) in [6.45, 7) is 0.820. The number of rotatable bonds is 7. The van der Waals surface area contributed by atoms with Crippen molar-refractivity contribution in [3.05, 3.63) is 46.5 Å². The van der Waals surface area contributed by atoms with E-state index < -0.39 is 42.3 Å². The fourth-order valence-electron chi connectivity index (χ4n) is 1.43. The van der Waals surface area contributed by atoms with Gasteiger partial charge in [0.2, 0.25) is 11.2 Å². The number of carbonyl (C=O) groups excluding carboxylic acids is 2. The molecule has 9 heteroatoms. The lowest BCUT2D eigenvalue weighted by molar-refractivity contribution is -0.143. The summed E-state index contributed by atoms with van der Waals surface area (Å²) in [5.74, 6) is -2.55. The van der Waals surface area contributed by atoms with Crippen molar-refractivity contribution in [3.8, 4) is 5.75 Å². The van der Waals surface area contributed by atoms with Crippen LogP contribution in [0.3, 0.4) is 0 Å². The Labute approximate surface area is 131 Å². The van der Waals surface area contributed by atoms with Gasteiger partial charge in [-0.1, -0.05) is 0 Å². The lowest BCUT2D eigenvalue weighted by Gasteiger charge is -2.04. The van der Waals surface area contributed by atoms with Gasteiger partial charge in [0.25, 0.3) is 0 Å². The fraction of sp³-hybridized carbons (Fsp3) is 0.286. The Bertz CT molecular complexity index is 637. The number of ether oxygens (including phenoxy) is 2. The van der Waals surface area contributed by atoms with Crippen molar-refractivity contribution in [2.24, 2.45) is 0 Å². The summed E-state index contributed by atoms with van der Waals surface area (Å²) in [4.78, 5) is 25.5. The fourth-order valence-corrected chi connectivity index (χ4v) is 1.43. The number of diazo groups is 1. The number of benzene rings is 1. The molecule has 0 radical (unpaired) electrons. The van der Waals surface area contributed by atoms with Gasteiger partial charge in [0, 0.05) is 0 Å². The van der Waals surface area contributed by atoms with Crippen LogP contribution < -0.4 is 10.1 Å². The van der Waals surface area contributed by atoms with Crippen LogP contribution in [0.1, 0.15) is 6.92 Å². The van der Waals surface area contributed by atoms with Crippen molar-refractivity contribution >= 4 is 11.9 Å². The van der Waals surface area contributed by atoms with Crippen LogP contribution in [-0.4, -0.2) is 36.7 Å². The minimum Gasteiger partial charge on any atom is -0.502 e. The Morgan fingerprint density at radius 3 is 2.57 bits per heavy atom. The second kappa shape index (κ2) is 8.99. The quantitative estimate of drug-likeness (QED) is 0.340. The summed E-state index contributed by atoms with van der Waals surface area (Å²) in [6, 6.07) is 4.94. The number of halogens is 1. The zero-order chi connectivity index (χ0) is 17.2. The predicted molar refractivity (Wildman–Crippen MR) is 76.3 cm³/mol. The number of nitrogens with one attached hydrogen (secondary N) is 1. The second-order valence-electron chi connectivity index (χ2n) is 4.13. The number of carbonyl (C=O) groups is 2. The molecule has 0 saturated heterocycles. The van der Waals surface area contributed by atoms with Gasteiger partial charge in [-0.25, -0.2) is 4.39 Å². The van der Waals surface area contributed by atoms with E-state index in [-0.39, 0.29) is 12.4 Å². The minimum absolute atomic E-state index is 0.151. The maximum Gasteiger partial charge on any atom is 0.488 e. The Morgan fingerprint density at radius 1 is 1.35 bits per heavy atom. The van der Waals surface area contributed by atoms with Gasteiger partial charge in [0.1, 0.15) is 18.1 Å². The standard InChI is InChI=1S/C14H14FN3O5/c1-2-22-12(20)7-17-14(21)13(18-16)11(19)8-23-10-5-3-9(15)4-6-10/h3-6H,2,7-8H2,1H3,(H-,17,19,21)/p+1. The van der Waals surface area contributed by atoms with Gasteiger partial charge in [-0.05, 0) is 31.2 Å². The molecule has 1 aromatic rings. The van der Waals surface area contributed by atoms with Gasteiger partial charge < -0.3 is 19.9 Å². The Kier molecular flexibility index (Phi) is 7.00. The van der Waals surface area contributed by atoms with Gasteiger partial charge >= 0.3 is 17.6 Å². The van der Waals surface area contributed by atoms with E-state index in [1.807, 2.05) is 0 Å². The number of amides is 1. The molecule has 1 aromatic carbocycles. The van der Waals surface area contributed by atoms with Crippen LogP contribution >= 0.6 is 0 Å². The van der Waals surface area contributed by atoms with E-state index in [1.165, 1.54) is 12.1 Å². The van der Waals surface area contributed by atoms with E-state index in [4.69, 9.17) is 10.1 Å². The summed E-state index contributed by atoms with van der Waals surface area (Å²) >= 11 is 0. The van der Waals surface area contributed by atoms with E-state index >= 15 is 0 Å². The molecule has 0 unspecified atom stereocenters. The topological polar surface area (TPSA) is 113 Å². The number of aliphatic hydroxyl groups excluding tert-OH is 1. The molecule has 0 aliphatic heterocycles. The molecule has 2 N–H and O–H groups in total. The number of aliphatic hydroxyl groups is 1. The zero-order valence-electron chi connectivity index (χ0n) is 12.3. The normalized spacial score (nSPS) is 11.0. The maximum absolute atomic E-state index is 12.7.